The molecule has 0 aliphatic carbocycles. The number of ether oxygens (including phenoxy) is 2. The maximum absolute atomic E-state index is 10.9. The van der Waals surface area contributed by atoms with Gasteiger partial charge in [-0.05, 0) is 43.5 Å². The quantitative estimate of drug-likeness (QED) is 0.742. The summed E-state index contributed by atoms with van der Waals surface area (Å²) in [6.07, 6.45) is 2.29. The minimum Gasteiger partial charge on any atom is -0.497 e. The highest BCUT2D eigenvalue weighted by atomic mass is 16.5. The van der Waals surface area contributed by atoms with Crippen molar-refractivity contribution in [2.75, 3.05) is 14.2 Å². The maximum atomic E-state index is 10.9. The van der Waals surface area contributed by atoms with Crippen molar-refractivity contribution >= 4 is 5.78 Å². The van der Waals surface area contributed by atoms with Gasteiger partial charge < -0.3 is 14.3 Å². The van der Waals surface area contributed by atoms with Gasteiger partial charge in [-0.2, -0.15) is 0 Å². The fraction of sp³-hybridized carbons (Fsp3) is 0.462. The molecule has 88 valence electrons. The van der Waals surface area contributed by atoms with Crippen LogP contribution in [0.4, 0.5) is 0 Å². The second-order valence-corrected chi connectivity index (χ2v) is 3.73. The molecule has 1 rings (SSSR count). The molecule has 0 amide bonds. The van der Waals surface area contributed by atoms with E-state index >= 15 is 0 Å². The van der Waals surface area contributed by atoms with Crippen LogP contribution in [0, 0.1) is 0 Å². The lowest BCUT2D eigenvalue weighted by atomic mass is 10.1. The second kappa shape index (κ2) is 6.16. The van der Waals surface area contributed by atoms with Crippen LogP contribution in [-0.4, -0.2) is 20.0 Å². The molecule has 0 atom stereocenters. The average molecular weight is 222 g/mol. The van der Waals surface area contributed by atoms with Gasteiger partial charge in [0.05, 0.1) is 14.2 Å². The van der Waals surface area contributed by atoms with Gasteiger partial charge in [-0.3, -0.25) is 0 Å². The van der Waals surface area contributed by atoms with Crippen molar-refractivity contribution in [2.45, 2.75) is 26.2 Å². The zero-order chi connectivity index (χ0) is 12.0. The number of ketones is 1. The first-order valence-corrected chi connectivity index (χ1v) is 5.37. The normalized spacial score (nSPS) is 9.94. The fourth-order valence-electron chi connectivity index (χ4n) is 1.61. The summed E-state index contributed by atoms with van der Waals surface area (Å²) in [5.41, 5.74) is 1.09. The second-order valence-electron chi connectivity index (χ2n) is 3.73. The third kappa shape index (κ3) is 3.57. The number of benzene rings is 1. The van der Waals surface area contributed by atoms with Crippen LogP contribution < -0.4 is 9.47 Å². The van der Waals surface area contributed by atoms with Crippen LogP contribution in [0.2, 0.25) is 0 Å². The molecule has 0 saturated heterocycles. The first-order valence-electron chi connectivity index (χ1n) is 5.37. The van der Waals surface area contributed by atoms with E-state index in [4.69, 9.17) is 9.47 Å². The number of rotatable bonds is 6. The molecule has 1 aromatic carbocycles. The molecule has 0 aliphatic heterocycles. The summed E-state index contributed by atoms with van der Waals surface area (Å²) < 4.78 is 10.4. The molecule has 0 radical (unpaired) electrons. The van der Waals surface area contributed by atoms with Gasteiger partial charge in [0.2, 0.25) is 0 Å². The minimum atomic E-state index is 0.224. The minimum absolute atomic E-state index is 0.224. The van der Waals surface area contributed by atoms with Crippen molar-refractivity contribution in [3.8, 4) is 11.5 Å². The summed E-state index contributed by atoms with van der Waals surface area (Å²) in [6, 6.07) is 5.72. The highest BCUT2D eigenvalue weighted by Gasteiger charge is 2.05. The van der Waals surface area contributed by atoms with Crippen LogP contribution in [0.25, 0.3) is 0 Å². The van der Waals surface area contributed by atoms with Gasteiger partial charge in [0.1, 0.15) is 17.3 Å². The largest absolute Gasteiger partial charge is 0.497 e. The summed E-state index contributed by atoms with van der Waals surface area (Å²) in [5, 5.41) is 0. The molecule has 0 fully saturated rings. The molecule has 0 saturated carbocycles. The Kier molecular flexibility index (Phi) is 4.83. The van der Waals surface area contributed by atoms with Crippen molar-refractivity contribution < 1.29 is 14.3 Å². The predicted octanol–water partition coefficient (Wildman–Crippen LogP) is 2.62. The Hall–Kier alpha value is -1.51. The van der Waals surface area contributed by atoms with Gasteiger partial charge in [0.15, 0.2) is 0 Å². The van der Waals surface area contributed by atoms with Crippen LogP contribution >= 0.6 is 0 Å². The first-order chi connectivity index (χ1) is 7.67. The lowest BCUT2D eigenvalue weighted by Crippen LogP contribution is -1.96. The number of methoxy groups -OCH3 is 2. The lowest BCUT2D eigenvalue weighted by Gasteiger charge is -2.09. The fourth-order valence-corrected chi connectivity index (χ4v) is 1.61. The number of carbonyl (C=O) groups is 1. The predicted molar refractivity (Wildman–Crippen MR) is 63.2 cm³/mol. The third-order valence-corrected chi connectivity index (χ3v) is 2.46. The van der Waals surface area contributed by atoms with Crippen molar-refractivity contribution in [2.24, 2.45) is 0 Å². The molecule has 0 aliphatic rings. The van der Waals surface area contributed by atoms with Crippen LogP contribution in [0.1, 0.15) is 25.3 Å². The number of hydrogen-bond acceptors (Lipinski definition) is 3. The zero-order valence-electron chi connectivity index (χ0n) is 10.1. The Labute approximate surface area is 96.4 Å². The number of Topliss-reactive ketones (excluding diaryl/α,β-unsaturated/α-hetero) is 1. The van der Waals surface area contributed by atoms with Crippen LogP contribution in [0.5, 0.6) is 11.5 Å². The molecule has 0 heterocycles. The molecule has 3 heteroatoms. The number of hydrogen-bond donors (Lipinski definition) is 0. The molecule has 0 bridgehead atoms. The van der Waals surface area contributed by atoms with Crippen LogP contribution in [0.15, 0.2) is 18.2 Å². The van der Waals surface area contributed by atoms with Gasteiger partial charge in [-0.1, -0.05) is 0 Å². The molecule has 0 N–H and O–H groups in total. The monoisotopic (exact) mass is 222 g/mol. The first kappa shape index (κ1) is 12.6. The Morgan fingerprint density at radius 1 is 1.25 bits per heavy atom. The van der Waals surface area contributed by atoms with E-state index in [0.717, 1.165) is 29.9 Å². The van der Waals surface area contributed by atoms with E-state index in [0.29, 0.717) is 6.42 Å². The van der Waals surface area contributed by atoms with Gasteiger partial charge in [-0.25, -0.2) is 0 Å². The SMILES string of the molecule is COc1ccc(OC)c(CCCC(C)=O)c1. The van der Waals surface area contributed by atoms with E-state index < -0.39 is 0 Å². The molecule has 3 nitrogen and oxygen atoms in total. The summed E-state index contributed by atoms with van der Waals surface area (Å²) >= 11 is 0. The third-order valence-electron chi connectivity index (χ3n) is 2.46. The van der Waals surface area contributed by atoms with Crippen molar-refractivity contribution in [3.05, 3.63) is 23.8 Å². The standard InChI is InChI=1S/C13H18O3/c1-10(14)5-4-6-11-9-12(15-2)7-8-13(11)16-3/h7-9H,4-6H2,1-3H3. The summed E-state index contributed by atoms with van der Waals surface area (Å²) in [7, 11) is 3.29. The maximum Gasteiger partial charge on any atom is 0.129 e. The molecule has 16 heavy (non-hydrogen) atoms. The Balaban J connectivity index is 2.71. The molecular formula is C13H18O3. The smallest absolute Gasteiger partial charge is 0.129 e. The van der Waals surface area contributed by atoms with E-state index in [9.17, 15) is 4.79 Å². The number of carbonyl (C=O) groups excluding carboxylic acids is 1. The van der Waals surface area contributed by atoms with Gasteiger partial charge in [0.25, 0.3) is 0 Å². The molecular weight excluding hydrogens is 204 g/mol. The van der Waals surface area contributed by atoms with E-state index in [1.807, 2.05) is 18.2 Å². The number of aryl methyl sites for hydroxylation is 1. The van der Waals surface area contributed by atoms with Crippen molar-refractivity contribution in [1.29, 1.82) is 0 Å². The van der Waals surface area contributed by atoms with Gasteiger partial charge >= 0.3 is 0 Å². The summed E-state index contributed by atoms with van der Waals surface area (Å²) in [4.78, 5) is 10.9. The zero-order valence-corrected chi connectivity index (χ0v) is 10.1. The van der Waals surface area contributed by atoms with Gasteiger partial charge in [0, 0.05) is 6.42 Å². The molecule has 1 aromatic rings. The Morgan fingerprint density at radius 3 is 2.56 bits per heavy atom. The van der Waals surface area contributed by atoms with E-state index in [-0.39, 0.29) is 5.78 Å². The highest BCUT2D eigenvalue weighted by Crippen LogP contribution is 2.25. The Bertz CT molecular complexity index is 358. The summed E-state index contributed by atoms with van der Waals surface area (Å²) in [6.45, 7) is 1.61. The topological polar surface area (TPSA) is 35.5 Å². The molecule has 0 aromatic heterocycles. The summed E-state index contributed by atoms with van der Waals surface area (Å²) in [5.74, 6) is 1.89. The van der Waals surface area contributed by atoms with E-state index in [1.165, 1.54) is 0 Å². The van der Waals surface area contributed by atoms with E-state index in [2.05, 4.69) is 0 Å². The molecule has 0 unspecified atom stereocenters. The van der Waals surface area contributed by atoms with Gasteiger partial charge in [-0.15, -0.1) is 0 Å². The Morgan fingerprint density at radius 2 is 2.00 bits per heavy atom. The van der Waals surface area contributed by atoms with Crippen molar-refractivity contribution in [1.82, 2.24) is 0 Å². The lowest BCUT2D eigenvalue weighted by molar-refractivity contribution is -0.117. The van der Waals surface area contributed by atoms with Crippen LogP contribution in [-0.2, 0) is 11.2 Å². The van der Waals surface area contributed by atoms with Crippen LogP contribution in [0.3, 0.4) is 0 Å². The average Bonchev–Trinajstić information content (AvgIpc) is 2.28. The van der Waals surface area contributed by atoms with E-state index in [1.54, 1.807) is 21.1 Å². The molecule has 0 spiro atoms. The van der Waals surface area contributed by atoms with Crippen molar-refractivity contribution in [3.63, 3.8) is 0 Å². The highest BCUT2D eigenvalue weighted by molar-refractivity contribution is 5.75.